The molecule has 0 aliphatic carbocycles. The fourth-order valence-electron chi connectivity index (χ4n) is 2.55. The van der Waals surface area contributed by atoms with E-state index in [4.69, 9.17) is 0 Å². The molecule has 0 fully saturated rings. The number of rotatable bonds is 3. The summed E-state index contributed by atoms with van der Waals surface area (Å²) in [6, 6.07) is 17.5. The van der Waals surface area contributed by atoms with Crippen LogP contribution in [-0.4, -0.2) is 15.3 Å². The Morgan fingerprint density at radius 2 is 1.86 bits per heavy atom. The van der Waals surface area contributed by atoms with E-state index in [1.165, 1.54) is 0 Å². The minimum Gasteiger partial charge on any atom is -0.326 e. The fraction of sp³-hybridized carbons (Fsp3) is 0.0588. The Bertz CT molecular complexity index is 956. The number of anilines is 1. The third-order valence-corrected chi connectivity index (χ3v) is 4.39. The summed E-state index contributed by atoms with van der Waals surface area (Å²) >= 11 is 1.56. The maximum absolute atomic E-state index is 12.2. The van der Waals surface area contributed by atoms with E-state index in [1.54, 1.807) is 11.3 Å². The average molecular weight is 307 g/mol. The number of carbonyl (C=O) groups is 1. The number of imidazole rings is 1. The lowest BCUT2D eigenvalue weighted by Crippen LogP contribution is -2.15. The van der Waals surface area contributed by atoms with E-state index in [9.17, 15) is 4.79 Å². The molecule has 0 unspecified atom stereocenters. The summed E-state index contributed by atoms with van der Waals surface area (Å²) in [5, 5.41) is 4.92. The first-order valence-electron chi connectivity index (χ1n) is 7.00. The summed E-state index contributed by atoms with van der Waals surface area (Å²) in [5.41, 5.74) is 3.77. The Balaban J connectivity index is 1.65. The van der Waals surface area contributed by atoms with Crippen LogP contribution in [0.3, 0.4) is 0 Å². The molecule has 2 aromatic carbocycles. The van der Waals surface area contributed by atoms with E-state index in [2.05, 4.69) is 14.7 Å². The second kappa shape index (κ2) is 5.27. The molecule has 2 heterocycles. The smallest absolute Gasteiger partial charge is 0.230 e. The van der Waals surface area contributed by atoms with Crippen molar-refractivity contribution in [3.8, 4) is 0 Å². The van der Waals surface area contributed by atoms with Crippen LogP contribution in [0.1, 0.15) is 5.69 Å². The molecule has 4 nitrogen and oxygen atoms in total. The van der Waals surface area contributed by atoms with Crippen molar-refractivity contribution in [1.29, 1.82) is 0 Å². The number of amides is 1. The molecule has 4 aromatic rings. The number of para-hydroxylation sites is 3. The highest BCUT2D eigenvalue weighted by Gasteiger charge is 2.13. The van der Waals surface area contributed by atoms with Crippen LogP contribution in [0.2, 0.25) is 0 Å². The lowest BCUT2D eigenvalue weighted by atomic mass is 10.2. The number of hydrogen-bond acceptors (Lipinski definition) is 3. The average Bonchev–Trinajstić information content (AvgIpc) is 3.08. The number of carbonyl (C=O) groups excluding carboxylic acids is 1. The molecule has 0 saturated heterocycles. The lowest BCUT2D eigenvalue weighted by molar-refractivity contribution is -0.115. The largest absolute Gasteiger partial charge is 0.326 e. The molecular formula is C17H13N3OS. The highest BCUT2D eigenvalue weighted by Crippen LogP contribution is 2.23. The van der Waals surface area contributed by atoms with Gasteiger partial charge in [-0.1, -0.05) is 30.3 Å². The van der Waals surface area contributed by atoms with Gasteiger partial charge in [0.15, 0.2) is 4.96 Å². The number of benzene rings is 2. The number of aromatic nitrogens is 2. The van der Waals surface area contributed by atoms with Crippen molar-refractivity contribution in [2.24, 2.45) is 0 Å². The van der Waals surface area contributed by atoms with Crippen molar-refractivity contribution in [3.63, 3.8) is 0 Å². The Hall–Kier alpha value is -2.66. The van der Waals surface area contributed by atoms with Gasteiger partial charge in [-0.15, -0.1) is 11.3 Å². The Labute approximate surface area is 131 Å². The standard InChI is InChI=1S/C17H13N3OS/c21-16(18-12-6-2-1-3-7-12)10-13-11-22-17-19-14-8-4-5-9-15(14)20(13)17/h1-9,11H,10H2,(H,18,21). The van der Waals surface area contributed by atoms with Crippen molar-refractivity contribution in [2.45, 2.75) is 6.42 Å². The zero-order valence-electron chi connectivity index (χ0n) is 11.7. The van der Waals surface area contributed by atoms with Gasteiger partial charge in [-0.2, -0.15) is 0 Å². The molecule has 0 aliphatic heterocycles. The molecule has 5 heteroatoms. The van der Waals surface area contributed by atoms with Crippen LogP contribution in [0.5, 0.6) is 0 Å². The number of nitrogens with one attached hydrogen (secondary N) is 1. The van der Waals surface area contributed by atoms with E-state index in [1.807, 2.05) is 60.0 Å². The molecule has 0 atom stereocenters. The first-order chi connectivity index (χ1) is 10.8. The normalized spacial score (nSPS) is 11.1. The molecule has 0 bridgehead atoms. The van der Waals surface area contributed by atoms with Gasteiger partial charge >= 0.3 is 0 Å². The van der Waals surface area contributed by atoms with Crippen LogP contribution in [0.15, 0.2) is 60.0 Å². The van der Waals surface area contributed by atoms with Gasteiger partial charge in [0, 0.05) is 16.8 Å². The zero-order valence-corrected chi connectivity index (χ0v) is 12.5. The maximum Gasteiger partial charge on any atom is 0.230 e. The first kappa shape index (κ1) is 13.0. The van der Waals surface area contributed by atoms with Crippen molar-refractivity contribution in [1.82, 2.24) is 9.38 Å². The highest BCUT2D eigenvalue weighted by atomic mass is 32.1. The van der Waals surface area contributed by atoms with E-state index >= 15 is 0 Å². The van der Waals surface area contributed by atoms with Crippen LogP contribution in [0.4, 0.5) is 5.69 Å². The summed E-state index contributed by atoms with van der Waals surface area (Å²) in [6.45, 7) is 0. The fourth-order valence-corrected chi connectivity index (χ4v) is 3.45. The second-order valence-corrected chi connectivity index (χ2v) is 5.87. The summed E-state index contributed by atoms with van der Waals surface area (Å²) in [4.78, 5) is 17.7. The molecule has 4 rings (SSSR count). The van der Waals surface area contributed by atoms with Gasteiger partial charge in [0.05, 0.1) is 17.5 Å². The molecule has 1 amide bonds. The van der Waals surface area contributed by atoms with Crippen LogP contribution >= 0.6 is 11.3 Å². The van der Waals surface area contributed by atoms with Gasteiger partial charge in [-0.05, 0) is 24.3 Å². The van der Waals surface area contributed by atoms with E-state index < -0.39 is 0 Å². The van der Waals surface area contributed by atoms with E-state index in [-0.39, 0.29) is 5.91 Å². The summed E-state index contributed by atoms with van der Waals surface area (Å²) in [7, 11) is 0. The second-order valence-electron chi connectivity index (χ2n) is 5.04. The summed E-state index contributed by atoms with van der Waals surface area (Å²) < 4.78 is 2.06. The molecule has 0 saturated carbocycles. The third kappa shape index (κ3) is 2.25. The third-order valence-electron chi connectivity index (χ3n) is 3.52. The van der Waals surface area contributed by atoms with Crippen molar-refractivity contribution in [2.75, 3.05) is 5.32 Å². The number of hydrogen-bond donors (Lipinski definition) is 1. The van der Waals surface area contributed by atoms with Gasteiger partial charge in [0.1, 0.15) is 0 Å². The van der Waals surface area contributed by atoms with Crippen molar-refractivity contribution >= 4 is 38.9 Å². The minimum absolute atomic E-state index is 0.0244. The first-order valence-corrected chi connectivity index (χ1v) is 7.88. The predicted molar refractivity (Wildman–Crippen MR) is 89.4 cm³/mol. The predicted octanol–water partition coefficient (Wildman–Crippen LogP) is 3.73. The molecule has 108 valence electrons. The monoisotopic (exact) mass is 307 g/mol. The lowest BCUT2D eigenvalue weighted by Gasteiger charge is -2.04. The molecule has 0 radical (unpaired) electrons. The summed E-state index contributed by atoms with van der Waals surface area (Å²) in [5.74, 6) is -0.0244. The van der Waals surface area contributed by atoms with Gasteiger partial charge in [-0.3, -0.25) is 9.20 Å². The number of nitrogens with zero attached hydrogens (tertiary/aromatic N) is 2. The van der Waals surface area contributed by atoms with Crippen molar-refractivity contribution < 1.29 is 4.79 Å². The van der Waals surface area contributed by atoms with Gasteiger partial charge < -0.3 is 5.32 Å². The number of fused-ring (bicyclic) bond motifs is 3. The van der Waals surface area contributed by atoms with E-state index in [0.29, 0.717) is 6.42 Å². The minimum atomic E-state index is -0.0244. The quantitative estimate of drug-likeness (QED) is 0.627. The SMILES string of the molecule is O=C(Cc1csc2nc3ccccc3n12)Nc1ccccc1. The molecule has 0 aliphatic rings. The Kier molecular flexibility index (Phi) is 3.12. The topological polar surface area (TPSA) is 46.4 Å². The maximum atomic E-state index is 12.2. The molecule has 22 heavy (non-hydrogen) atoms. The van der Waals surface area contributed by atoms with Crippen LogP contribution in [0, 0.1) is 0 Å². The zero-order chi connectivity index (χ0) is 14.9. The van der Waals surface area contributed by atoms with Crippen LogP contribution in [0.25, 0.3) is 16.0 Å². The van der Waals surface area contributed by atoms with Gasteiger partial charge in [0.2, 0.25) is 5.91 Å². The molecular weight excluding hydrogens is 294 g/mol. The molecule has 2 aromatic heterocycles. The number of thiazole rings is 1. The van der Waals surface area contributed by atoms with Gasteiger partial charge in [-0.25, -0.2) is 4.98 Å². The van der Waals surface area contributed by atoms with Crippen LogP contribution < -0.4 is 5.32 Å². The van der Waals surface area contributed by atoms with Crippen molar-refractivity contribution in [3.05, 3.63) is 65.7 Å². The molecule has 1 N–H and O–H groups in total. The highest BCUT2D eigenvalue weighted by molar-refractivity contribution is 7.15. The van der Waals surface area contributed by atoms with Gasteiger partial charge in [0.25, 0.3) is 0 Å². The van der Waals surface area contributed by atoms with E-state index in [0.717, 1.165) is 27.4 Å². The Morgan fingerprint density at radius 3 is 2.73 bits per heavy atom. The summed E-state index contributed by atoms with van der Waals surface area (Å²) in [6.07, 6.45) is 0.329. The molecule has 0 spiro atoms. The van der Waals surface area contributed by atoms with Crippen LogP contribution in [-0.2, 0) is 11.2 Å². The Morgan fingerprint density at radius 1 is 1.09 bits per heavy atom.